The van der Waals surface area contributed by atoms with Gasteiger partial charge in [-0.15, -0.1) is 0 Å². The Labute approximate surface area is 385 Å². The number of carbonyl (C=O) groups excluding carboxylic acids is 4. The molecule has 2 heterocycles. The molecule has 0 atom stereocenters. The molecule has 0 aliphatic carbocycles. The van der Waals surface area contributed by atoms with Crippen molar-refractivity contribution in [2.75, 3.05) is 182 Å². The molecule has 4 amide bonds. The first-order valence-electron chi connectivity index (χ1n) is 22.0. The second-order valence-electron chi connectivity index (χ2n) is 13.7. The number of hydrogen-bond acceptors (Lipinski definition) is 18. The van der Waals surface area contributed by atoms with Crippen molar-refractivity contribution in [2.24, 2.45) is 0 Å². The van der Waals surface area contributed by atoms with Crippen LogP contribution < -0.4 is 19.3 Å². The molecule has 2 aliphatic heterocycles. The van der Waals surface area contributed by atoms with Gasteiger partial charge < -0.3 is 66.3 Å². The summed E-state index contributed by atoms with van der Waals surface area (Å²) < 4.78 is 77.3. The lowest BCUT2D eigenvalue weighted by molar-refractivity contribution is -0.121. The molecule has 20 heteroatoms. The maximum Gasteiger partial charge on any atom is 0.258 e. The van der Waals surface area contributed by atoms with Gasteiger partial charge in [-0.25, -0.2) is 9.80 Å². The summed E-state index contributed by atoms with van der Waals surface area (Å²) in [6.45, 7) is 11.6. The van der Waals surface area contributed by atoms with E-state index in [0.717, 1.165) is 9.80 Å². The summed E-state index contributed by atoms with van der Waals surface area (Å²) in [5, 5.41) is 0. The number of amides is 4. The summed E-state index contributed by atoms with van der Waals surface area (Å²) >= 11 is 0. The number of carbonyl (C=O) groups is 4. The van der Waals surface area contributed by atoms with Crippen LogP contribution in [0, 0.1) is 0 Å². The first-order chi connectivity index (χ1) is 32.5. The van der Waals surface area contributed by atoms with Crippen molar-refractivity contribution in [1.29, 1.82) is 0 Å². The smallest absolute Gasteiger partial charge is 0.258 e. The summed E-state index contributed by atoms with van der Waals surface area (Å²) in [7, 11) is 0. The summed E-state index contributed by atoms with van der Waals surface area (Å²) in [5.41, 5.74) is 0.992. The van der Waals surface area contributed by atoms with E-state index < -0.39 is 0 Å². The SMILES string of the molecule is O=C1C=CC(=O)N1c1ccc(OCCOCCOCCOCCOCCOCCOCCOCCOCCOCCOCCOCCOCCOc2ccc(N3C(=O)C=CC3=O)cc2)cc1. The predicted molar refractivity (Wildman–Crippen MR) is 237 cm³/mol. The van der Waals surface area contributed by atoms with Gasteiger partial charge in [0.2, 0.25) is 0 Å². The summed E-state index contributed by atoms with van der Waals surface area (Å²) in [6, 6.07) is 13.4. The third kappa shape index (κ3) is 23.7. The molecule has 0 saturated heterocycles. The van der Waals surface area contributed by atoms with Gasteiger partial charge in [0.05, 0.1) is 170 Å². The van der Waals surface area contributed by atoms with Crippen LogP contribution in [0.1, 0.15) is 0 Å². The first-order valence-corrected chi connectivity index (χ1v) is 22.0. The van der Waals surface area contributed by atoms with Crippen LogP contribution in [0.5, 0.6) is 11.5 Å². The average molecular weight is 933 g/mol. The van der Waals surface area contributed by atoms with Gasteiger partial charge in [0.25, 0.3) is 23.6 Å². The molecule has 4 rings (SSSR count). The van der Waals surface area contributed by atoms with Gasteiger partial charge in [-0.05, 0) is 48.5 Å². The fraction of sp³-hybridized carbons (Fsp3) is 0.565. The molecular weight excluding hydrogens is 869 g/mol. The molecule has 0 unspecified atom stereocenters. The van der Waals surface area contributed by atoms with Crippen LogP contribution in [0.2, 0.25) is 0 Å². The van der Waals surface area contributed by atoms with Gasteiger partial charge in [0.15, 0.2) is 0 Å². The highest BCUT2D eigenvalue weighted by molar-refractivity contribution is 6.28. The van der Waals surface area contributed by atoms with Crippen LogP contribution >= 0.6 is 0 Å². The number of imide groups is 2. The Morgan fingerprint density at radius 1 is 0.242 bits per heavy atom. The minimum absolute atomic E-state index is 0.354. The molecule has 0 fully saturated rings. The van der Waals surface area contributed by atoms with Crippen molar-refractivity contribution < 1.29 is 85.5 Å². The maximum absolute atomic E-state index is 11.8. The minimum atomic E-state index is -0.359. The van der Waals surface area contributed by atoms with Crippen LogP contribution in [0.25, 0.3) is 0 Å². The van der Waals surface area contributed by atoms with Crippen LogP contribution in [0.15, 0.2) is 72.8 Å². The van der Waals surface area contributed by atoms with Gasteiger partial charge in [-0.3, -0.25) is 19.2 Å². The number of anilines is 2. The van der Waals surface area contributed by atoms with Crippen molar-refractivity contribution in [2.45, 2.75) is 0 Å². The van der Waals surface area contributed by atoms with Crippen LogP contribution in [-0.2, 0) is 76.0 Å². The van der Waals surface area contributed by atoms with Crippen LogP contribution in [-0.4, -0.2) is 195 Å². The van der Waals surface area contributed by atoms with Gasteiger partial charge in [0.1, 0.15) is 24.7 Å². The van der Waals surface area contributed by atoms with Gasteiger partial charge in [-0.2, -0.15) is 0 Å². The second kappa shape index (κ2) is 35.5. The van der Waals surface area contributed by atoms with E-state index in [-0.39, 0.29) is 23.6 Å². The van der Waals surface area contributed by atoms with E-state index in [0.29, 0.717) is 195 Å². The molecular formula is C46H64N2O18. The molecule has 0 bridgehead atoms. The van der Waals surface area contributed by atoms with E-state index in [1.807, 2.05) is 0 Å². The normalized spacial score (nSPS) is 13.6. The van der Waals surface area contributed by atoms with E-state index in [4.69, 9.17) is 66.3 Å². The lowest BCUT2D eigenvalue weighted by Gasteiger charge is -2.14. The Balaban J connectivity index is 0.748. The molecule has 20 nitrogen and oxygen atoms in total. The molecule has 2 aliphatic rings. The van der Waals surface area contributed by atoms with E-state index >= 15 is 0 Å². The summed E-state index contributed by atoms with van der Waals surface area (Å²) in [6.07, 6.45) is 4.98. The largest absolute Gasteiger partial charge is 0.491 e. The zero-order valence-electron chi connectivity index (χ0n) is 37.6. The van der Waals surface area contributed by atoms with Crippen LogP contribution in [0.4, 0.5) is 11.4 Å². The molecule has 2 aromatic carbocycles. The molecule has 0 spiro atoms. The van der Waals surface area contributed by atoms with Crippen molar-refractivity contribution in [1.82, 2.24) is 0 Å². The highest BCUT2D eigenvalue weighted by Crippen LogP contribution is 2.23. The maximum atomic E-state index is 11.8. The van der Waals surface area contributed by atoms with E-state index in [1.165, 1.54) is 24.3 Å². The second-order valence-corrected chi connectivity index (χ2v) is 13.7. The van der Waals surface area contributed by atoms with Gasteiger partial charge >= 0.3 is 0 Å². The van der Waals surface area contributed by atoms with Crippen molar-refractivity contribution in [3.63, 3.8) is 0 Å². The highest BCUT2D eigenvalue weighted by atomic mass is 16.6. The molecule has 2 aromatic rings. The number of nitrogens with zero attached hydrogens (tertiary/aromatic N) is 2. The lowest BCUT2D eigenvalue weighted by atomic mass is 10.3. The van der Waals surface area contributed by atoms with Crippen LogP contribution in [0.3, 0.4) is 0 Å². The lowest BCUT2D eigenvalue weighted by Crippen LogP contribution is -2.29. The average Bonchev–Trinajstić information content (AvgIpc) is 3.85. The minimum Gasteiger partial charge on any atom is -0.491 e. The topological polar surface area (TPSA) is 204 Å². The standard InChI is InChI=1S/C46H64N2O18/c49-43-9-10-44(50)47(43)39-1-5-41(6-2-39)65-37-35-63-33-31-61-29-27-59-25-23-57-21-19-55-17-15-53-13-14-54-16-18-56-20-22-58-24-26-60-28-30-62-32-34-64-36-38-66-42-7-3-40(4-8-42)48-45(51)11-12-46(48)52/h1-12H,13-38H2. The Bertz CT molecular complexity index is 1530. The zero-order valence-corrected chi connectivity index (χ0v) is 37.6. The van der Waals surface area contributed by atoms with E-state index in [1.54, 1.807) is 48.5 Å². The number of hydrogen-bond donors (Lipinski definition) is 0. The monoisotopic (exact) mass is 932 g/mol. The summed E-state index contributed by atoms with van der Waals surface area (Å²) in [5.74, 6) is -0.209. The first kappa shape index (κ1) is 53.9. The Hall–Kier alpha value is -4.68. The van der Waals surface area contributed by atoms with Gasteiger partial charge in [0, 0.05) is 24.3 Å². The predicted octanol–water partition coefficient (Wildman–Crippen LogP) is 2.20. The zero-order chi connectivity index (χ0) is 46.5. The molecule has 0 aromatic heterocycles. The number of rotatable bonds is 43. The fourth-order valence-corrected chi connectivity index (χ4v) is 5.65. The quantitative estimate of drug-likeness (QED) is 0.0691. The highest BCUT2D eigenvalue weighted by Gasteiger charge is 2.26. The molecule has 0 N–H and O–H groups in total. The third-order valence-corrected chi connectivity index (χ3v) is 8.89. The molecule has 0 radical (unpaired) electrons. The molecule has 0 saturated carbocycles. The fourth-order valence-electron chi connectivity index (χ4n) is 5.65. The molecule has 366 valence electrons. The molecule has 66 heavy (non-hydrogen) atoms. The van der Waals surface area contributed by atoms with Crippen molar-refractivity contribution in [3.8, 4) is 11.5 Å². The van der Waals surface area contributed by atoms with Crippen molar-refractivity contribution >= 4 is 35.0 Å². The third-order valence-electron chi connectivity index (χ3n) is 8.89. The van der Waals surface area contributed by atoms with Gasteiger partial charge in [-0.1, -0.05) is 0 Å². The Morgan fingerprint density at radius 3 is 0.591 bits per heavy atom. The van der Waals surface area contributed by atoms with Crippen molar-refractivity contribution in [3.05, 3.63) is 72.8 Å². The Morgan fingerprint density at radius 2 is 0.409 bits per heavy atom. The number of benzene rings is 2. The van der Waals surface area contributed by atoms with E-state index in [2.05, 4.69) is 0 Å². The number of ether oxygens (including phenoxy) is 14. The Kier molecular flexibility index (Phi) is 29.0. The summed E-state index contributed by atoms with van der Waals surface area (Å²) in [4.78, 5) is 49.2. The van der Waals surface area contributed by atoms with E-state index in [9.17, 15) is 19.2 Å².